The lowest BCUT2D eigenvalue weighted by Gasteiger charge is -2.36. The largest absolute Gasteiger partial charge is 0.480 e. The van der Waals surface area contributed by atoms with Crippen molar-refractivity contribution in [3.8, 4) is 0 Å². The number of piperazine rings is 1. The maximum absolute atomic E-state index is 10.9. The zero-order valence-electron chi connectivity index (χ0n) is 11.7. The third-order valence-electron chi connectivity index (χ3n) is 3.87. The highest BCUT2D eigenvalue weighted by molar-refractivity contribution is 5.72. The van der Waals surface area contributed by atoms with Crippen LogP contribution in [0.3, 0.4) is 0 Å². The number of nitrogens with zero attached hydrogens (tertiary/aromatic N) is 3. The molecule has 0 amide bonds. The summed E-state index contributed by atoms with van der Waals surface area (Å²) in [4.78, 5) is 15.3. The summed E-state index contributed by atoms with van der Waals surface area (Å²) in [5, 5.41) is 13.0. The van der Waals surface area contributed by atoms with E-state index in [1.54, 1.807) is 6.92 Å². The molecule has 0 spiro atoms. The summed E-state index contributed by atoms with van der Waals surface area (Å²) in [6.45, 7) is 9.78. The van der Waals surface area contributed by atoms with Crippen LogP contribution in [0.25, 0.3) is 0 Å². The molecule has 6 nitrogen and oxygen atoms in total. The molecule has 19 heavy (non-hydrogen) atoms. The number of hydrogen-bond donors (Lipinski definition) is 1. The van der Waals surface area contributed by atoms with Crippen molar-refractivity contribution >= 4 is 5.97 Å². The Hall–Kier alpha value is -1.40. The van der Waals surface area contributed by atoms with E-state index < -0.39 is 12.0 Å². The molecule has 1 fully saturated rings. The Morgan fingerprint density at radius 2 is 2.00 bits per heavy atom. The van der Waals surface area contributed by atoms with Crippen molar-refractivity contribution in [2.75, 3.05) is 26.2 Å². The van der Waals surface area contributed by atoms with E-state index in [0.717, 1.165) is 49.7 Å². The summed E-state index contributed by atoms with van der Waals surface area (Å²) >= 11 is 0. The van der Waals surface area contributed by atoms with E-state index in [-0.39, 0.29) is 0 Å². The fourth-order valence-corrected chi connectivity index (χ4v) is 2.42. The molecule has 2 heterocycles. The van der Waals surface area contributed by atoms with Gasteiger partial charge in [-0.3, -0.25) is 14.6 Å². The smallest absolute Gasteiger partial charge is 0.320 e. The average Bonchev–Trinajstić information content (AvgIpc) is 2.70. The lowest BCUT2D eigenvalue weighted by atomic mass is 10.1. The van der Waals surface area contributed by atoms with Gasteiger partial charge >= 0.3 is 5.97 Å². The molecule has 0 unspecified atom stereocenters. The molecule has 1 N–H and O–H groups in total. The molecule has 1 aromatic heterocycles. The van der Waals surface area contributed by atoms with Crippen molar-refractivity contribution in [1.82, 2.24) is 15.0 Å². The van der Waals surface area contributed by atoms with Crippen molar-refractivity contribution in [2.24, 2.45) is 0 Å². The Kier molecular flexibility index (Phi) is 4.21. The van der Waals surface area contributed by atoms with Gasteiger partial charge in [0.1, 0.15) is 11.8 Å². The Bertz CT molecular complexity index is 430. The third kappa shape index (κ3) is 3.13. The van der Waals surface area contributed by atoms with Crippen LogP contribution in [0.2, 0.25) is 0 Å². The second kappa shape index (κ2) is 5.71. The highest BCUT2D eigenvalue weighted by Crippen LogP contribution is 2.16. The molecular formula is C13H21N3O3. The van der Waals surface area contributed by atoms with Gasteiger partial charge in [-0.2, -0.15) is 0 Å². The van der Waals surface area contributed by atoms with Gasteiger partial charge in [0.2, 0.25) is 0 Å². The predicted octanol–water partition coefficient (Wildman–Crippen LogP) is 0.882. The molecule has 106 valence electrons. The first-order valence-corrected chi connectivity index (χ1v) is 6.60. The number of aromatic nitrogens is 1. The van der Waals surface area contributed by atoms with E-state index >= 15 is 0 Å². The molecule has 0 aromatic carbocycles. The van der Waals surface area contributed by atoms with Crippen LogP contribution in [0.4, 0.5) is 0 Å². The lowest BCUT2D eigenvalue weighted by molar-refractivity contribution is -0.143. The SMILES string of the molecule is Cc1noc(C)c1CN1CCN([C@H](C)C(=O)O)CC1. The van der Waals surface area contributed by atoms with Crippen LogP contribution in [0.1, 0.15) is 23.9 Å². The van der Waals surface area contributed by atoms with Crippen molar-refractivity contribution in [3.05, 3.63) is 17.0 Å². The van der Waals surface area contributed by atoms with Crippen LogP contribution in [0, 0.1) is 13.8 Å². The Morgan fingerprint density at radius 1 is 1.37 bits per heavy atom. The summed E-state index contributed by atoms with van der Waals surface area (Å²) in [6.07, 6.45) is 0. The minimum atomic E-state index is -0.751. The lowest BCUT2D eigenvalue weighted by Crippen LogP contribution is -2.51. The van der Waals surface area contributed by atoms with E-state index in [1.165, 1.54) is 0 Å². The molecule has 1 aliphatic heterocycles. The van der Waals surface area contributed by atoms with Gasteiger partial charge in [-0.1, -0.05) is 5.16 Å². The zero-order valence-corrected chi connectivity index (χ0v) is 11.7. The average molecular weight is 267 g/mol. The summed E-state index contributed by atoms with van der Waals surface area (Å²) in [5.41, 5.74) is 2.10. The standard InChI is InChI=1S/C13H21N3O3/c1-9-12(11(3)19-14-9)8-15-4-6-16(7-5-15)10(2)13(17)18/h10H,4-8H2,1-3H3,(H,17,18)/t10-/m1/s1. The molecular weight excluding hydrogens is 246 g/mol. The van der Waals surface area contributed by atoms with E-state index in [9.17, 15) is 4.79 Å². The zero-order chi connectivity index (χ0) is 14.0. The number of hydrogen-bond acceptors (Lipinski definition) is 5. The molecule has 0 bridgehead atoms. The van der Waals surface area contributed by atoms with Gasteiger partial charge in [-0.15, -0.1) is 0 Å². The first-order chi connectivity index (χ1) is 8.99. The molecule has 0 aliphatic carbocycles. The summed E-state index contributed by atoms with van der Waals surface area (Å²) in [6, 6.07) is -0.402. The van der Waals surface area contributed by atoms with Crippen LogP contribution in [-0.2, 0) is 11.3 Å². The number of aryl methyl sites for hydroxylation is 2. The van der Waals surface area contributed by atoms with Crippen molar-refractivity contribution in [3.63, 3.8) is 0 Å². The van der Waals surface area contributed by atoms with Gasteiger partial charge < -0.3 is 9.63 Å². The molecule has 6 heteroatoms. The van der Waals surface area contributed by atoms with Crippen molar-refractivity contribution < 1.29 is 14.4 Å². The maximum atomic E-state index is 10.9. The van der Waals surface area contributed by atoms with Crippen molar-refractivity contribution in [2.45, 2.75) is 33.4 Å². The van der Waals surface area contributed by atoms with Gasteiger partial charge in [-0.05, 0) is 20.8 Å². The molecule has 1 aliphatic rings. The van der Waals surface area contributed by atoms with Gasteiger partial charge in [-0.25, -0.2) is 0 Å². The topological polar surface area (TPSA) is 69.8 Å². The minimum Gasteiger partial charge on any atom is -0.480 e. The van der Waals surface area contributed by atoms with Crippen LogP contribution >= 0.6 is 0 Å². The predicted molar refractivity (Wildman–Crippen MR) is 69.9 cm³/mol. The second-order valence-electron chi connectivity index (χ2n) is 5.13. The van der Waals surface area contributed by atoms with E-state index in [0.29, 0.717) is 0 Å². The normalized spacial score (nSPS) is 19.5. The molecule has 0 saturated carbocycles. The first-order valence-electron chi connectivity index (χ1n) is 6.60. The van der Waals surface area contributed by atoms with E-state index in [2.05, 4.69) is 10.1 Å². The third-order valence-corrected chi connectivity index (χ3v) is 3.87. The number of carboxylic acid groups (broad SMARTS) is 1. The van der Waals surface area contributed by atoms with Gasteiger partial charge in [0.05, 0.1) is 5.69 Å². The monoisotopic (exact) mass is 267 g/mol. The Labute approximate surface area is 113 Å². The summed E-state index contributed by atoms with van der Waals surface area (Å²) < 4.78 is 5.16. The number of aliphatic carboxylic acids is 1. The first kappa shape index (κ1) is 14.0. The van der Waals surface area contributed by atoms with E-state index in [1.807, 2.05) is 18.7 Å². The Morgan fingerprint density at radius 3 is 2.47 bits per heavy atom. The van der Waals surface area contributed by atoms with Crippen LogP contribution in [0.5, 0.6) is 0 Å². The van der Waals surface area contributed by atoms with Crippen LogP contribution in [0.15, 0.2) is 4.52 Å². The quantitative estimate of drug-likeness (QED) is 0.873. The van der Waals surface area contributed by atoms with Crippen LogP contribution < -0.4 is 0 Å². The van der Waals surface area contributed by atoms with Gasteiger partial charge in [0.25, 0.3) is 0 Å². The molecule has 0 radical (unpaired) electrons. The van der Waals surface area contributed by atoms with Crippen LogP contribution in [-0.4, -0.2) is 58.3 Å². The molecule has 1 aromatic rings. The number of carboxylic acids is 1. The second-order valence-corrected chi connectivity index (χ2v) is 5.13. The van der Waals surface area contributed by atoms with Crippen molar-refractivity contribution in [1.29, 1.82) is 0 Å². The fraction of sp³-hybridized carbons (Fsp3) is 0.692. The minimum absolute atomic E-state index is 0.402. The summed E-state index contributed by atoms with van der Waals surface area (Å²) in [7, 11) is 0. The molecule has 2 rings (SSSR count). The van der Waals surface area contributed by atoms with E-state index in [4.69, 9.17) is 9.63 Å². The molecule has 1 saturated heterocycles. The number of carbonyl (C=O) groups is 1. The molecule has 1 atom stereocenters. The highest BCUT2D eigenvalue weighted by Gasteiger charge is 2.25. The summed E-state index contributed by atoms with van der Waals surface area (Å²) in [5.74, 6) is 0.123. The fourth-order valence-electron chi connectivity index (χ4n) is 2.42. The van der Waals surface area contributed by atoms with Gasteiger partial charge in [0.15, 0.2) is 0 Å². The highest BCUT2D eigenvalue weighted by atomic mass is 16.5. The van der Waals surface area contributed by atoms with Gasteiger partial charge in [0, 0.05) is 38.3 Å². The number of rotatable bonds is 4. The Balaban J connectivity index is 1.89. The maximum Gasteiger partial charge on any atom is 0.320 e.